The van der Waals surface area contributed by atoms with Gasteiger partial charge >= 0.3 is 0 Å². The average molecular weight is 395 g/mol. The Bertz CT molecular complexity index is 788. The van der Waals surface area contributed by atoms with Crippen molar-refractivity contribution in [2.24, 2.45) is 0 Å². The Hall–Kier alpha value is -2.31. The lowest BCUT2D eigenvalue weighted by Gasteiger charge is -2.39. The van der Waals surface area contributed by atoms with Gasteiger partial charge in [-0.3, -0.25) is 14.7 Å². The van der Waals surface area contributed by atoms with Gasteiger partial charge in [0.25, 0.3) is 5.91 Å². The minimum absolute atomic E-state index is 0.000108. The second-order valence-corrected chi connectivity index (χ2v) is 8.10. The van der Waals surface area contributed by atoms with E-state index in [0.717, 1.165) is 44.8 Å². The molecule has 2 aliphatic rings. The Kier molecular flexibility index (Phi) is 6.52. The van der Waals surface area contributed by atoms with Crippen LogP contribution in [-0.2, 0) is 11.3 Å². The van der Waals surface area contributed by atoms with Crippen molar-refractivity contribution in [1.82, 2.24) is 19.8 Å². The van der Waals surface area contributed by atoms with Gasteiger partial charge in [0.05, 0.1) is 25.1 Å². The van der Waals surface area contributed by atoms with Gasteiger partial charge in [-0.2, -0.15) is 0 Å². The molecule has 1 aromatic heterocycles. The number of rotatable bonds is 6. The molecule has 29 heavy (non-hydrogen) atoms. The molecule has 1 aromatic carbocycles. The first-order valence-corrected chi connectivity index (χ1v) is 10.7. The fourth-order valence-electron chi connectivity index (χ4n) is 4.47. The zero-order valence-corrected chi connectivity index (χ0v) is 17.2. The highest BCUT2D eigenvalue weighted by Crippen LogP contribution is 2.27. The van der Waals surface area contributed by atoms with Crippen molar-refractivity contribution in [3.05, 3.63) is 59.7 Å². The van der Waals surface area contributed by atoms with Gasteiger partial charge in [0.1, 0.15) is 5.69 Å². The van der Waals surface area contributed by atoms with Crippen LogP contribution >= 0.6 is 0 Å². The van der Waals surface area contributed by atoms with E-state index in [0.29, 0.717) is 24.4 Å². The van der Waals surface area contributed by atoms with Crippen LogP contribution in [0.15, 0.2) is 42.7 Å². The molecule has 6 heteroatoms. The number of likely N-dealkylation sites (tertiary alicyclic amines) is 2. The lowest BCUT2D eigenvalue weighted by atomic mass is 10.0. The number of hydrogen-bond donors (Lipinski definition) is 0. The number of ether oxygens (including phenoxy) is 1. The molecule has 2 saturated heterocycles. The fraction of sp³-hybridized carbons (Fsp3) is 0.522. The SMILES string of the molecule is Cc1cnc(C(=O)N2CCC(N3CCC[C@@H]3COCc3ccccc3)CC2)cn1. The van der Waals surface area contributed by atoms with E-state index in [4.69, 9.17) is 4.74 Å². The monoisotopic (exact) mass is 394 g/mol. The maximum atomic E-state index is 12.7. The number of nitrogens with zero attached hydrogens (tertiary/aromatic N) is 4. The summed E-state index contributed by atoms with van der Waals surface area (Å²) in [6.07, 6.45) is 7.71. The zero-order valence-electron chi connectivity index (χ0n) is 17.2. The lowest BCUT2D eigenvalue weighted by molar-refractivity contribution is 0.0313. The van der Waals surface area contributed by atoms with Crippen LogP contribution in [0.1, 0.15) is 47.4 Å². The lowest BCUT2D eigenvalue weighted by Crippen LogP contribution is -2.49. The molecule has 0 bridgehead atoms. The summed E-state index contributed by atoms with van der Waals surface area (Å²) in [6.45, 7) is 6.05. The summed E-state index contributed by atoms with van der Waals surface area (Å²) in [7, 11) is 0. The smallest absolute Gasteiger partial charge is 0.274 e. The van der Waals surface area contributed by atoms with Gasteiger partial charge in [-0.05, 0) is 44.7 Å². The normalized spacial score (nSPS) is 20.9. The third kappa shape index (κ3) is 5.00. The summed E-state index contributed by atoms with van der Waals surface area (Å²) < 4.78 is 6.03. The molecule has 2 aromatic rings. The van der Waals surface area contributed by atoms with Crippen LogP contribution in [0, 0.1) is 6.92 Å². The summed E-state index contributed by atoms with van der Waals surface area (Å²) in [4.78, 5) is 25.7. The molecule has 0 unspecified atom stereocenters. The number of benzene rings is 1. The van der Waals surface area contributed by atoms with Crippen LogP contribution in [0.3, 0.4) is 0 Å². The van der Waals surface area contributed by atoms with Gasteiger partial charge in [0, 0.05) is 31.4 Å². The maximum absolute atomic E-state index is 12.7. The molecule has 2 fully saturated rings. The summed E-state index contributed by atoms with van der Waals surface area (Å²) in [5.41, 5.74) is 2.50. The van der Waals surface area contributed by atoms with E-state index in [1.807, 2.05) is 17.9 Å². The molecule has 154 valence electrons. The van der Waals surface area contributed by atoms with Crippen molar-refractivity contribution < 1.29 is 9.53 Å². The van der Waals surface area contributed by atoms with Crippen molar-refractivity contribution in [2.45, 2.75) is 51.3 Å². The molecule has 0 N–H and O–H groups in total. The fourth-order valence-corrected chi connectivity index (χ4v) is 4.47. The quantitative estimate of drug-likeness (QED) is 0.754. The number of carbonyl (C=O) groups is 1. The van der Waals surface area contributed by atoms with Crippen LogP contribution in [0.5, 0.6) is 0 Å². The number of hydrogen-bond acceptors (Lipinski definition) is 5. The van der Waals surface area contributed by atoms with Crippen molar-refractivity contribution in [1.29, 1.82) is 0 Å². The molecule has 4 rings (SSSR count). The van der Waals surface area contributed by atoms with Crippen molar-refractivity contribution in [2.75, 3.05) is 26.2 Å². The highest BCUT2D eigenvalue weighted by molar-refractivity contribution is 5.92. The second-order valence-electron chi connectivity index (χ2n) is 8.10. The molecule has 0 saturated carbocycles. The van der Waals surface area contributed by atoms with Crippen LogP contribution in [0.25, 0.3) is 0 Å². The number of piperidine rings is 1. The number of amides is 1. The van der Waals surface area contributed by atoms with Crippen molar-refractivity contribution in [3.63, 3.8) is 0 Å². The highest BCUT2D eigenvalue weighted by Gasteiger charge is 2.34. The van der Waals surface area contributed by atoms with Crippen LogP contribution in [0.2, 0.25) is 0 Å². The van der Waals surface area contributed by atoms with Gasteiger partial charge in [0.2, 0.25) is 0 Å². The van der Waals surface area contributed by atoms with Gasteiger partial charge < -0.3 is 9.64 Å². The molecular formula is C23H30N4O2. The van der Waals surface area contributed by atoms with E-state index in [-0.39, 0.29) is 5.91 Å². The van der Waals surface area contributed by atoms with Crippen LogP contribution in [0.4, 0.5) is 0 Å². The minimum atomic E-state index is 0.000108. The third-order valence-corrected chi connectivity index (χ3v) is 6.07. The van der Waals surface area contributed by atoms with Crippen LogP contribution in [-0.4, -0.2) is 64.0 Å². The standard InChI is InChI=1S/C23H30N4O2/c1-18-14-25-22(15-24-18)23(28)26-12-9-20(10-13-26)27-11-5-8-21(27)17-29-16-19-6-3-2-4-7-19/h2-4,6-7,14-15,20-21H,5,8-13,16-17H2,1H3/t21-/m1/s1. The van der Waals surface area contributed by atoms with E-state index < -0.39 is 0 Å². The largest absolute Gasteiger partial charge is 0.375 e. The molecule has 1 amide bonds. The van der Waals surface area contributed by atoms with E-state index in [1.54, 1.807) is 12.4 Å². The Morgan fingerprint density at radius 3 is 2.59 bits per heavy atom. The molecule has 3 heterocycles. The summed E-state index contributed by atoms with van der Waals surface area (Å²) in [5, 5.41) is 0. The first-order chi connectivity index (χ1) is 14.2. The molecule has 0 spiro atoms. The van der Waals surface area contributed by atoms with Gasteiger partial charge in [-0.25, -0.2) is 4.98 Å². The Labute approximate surface area is 172 Å². The van der Waals surface area contributed by atoms with Crippen LogP contribution < -0.4 is 0 Å². The highest BCUT2D eigenvalue weighted by atomic mass is 16.5. The minimum Gasteiger partial charge on any atom is -0.375 e. The average Bonchev–Trinajstić information content (AvgIpc) is 3.23. The predicted octanol–water partition coefficient (Wildman–Crippen LogP) is 3.07. The van der Waals surface area contributed by atoms with Gasteiger partial charge in [-0.1, -0.05) is 30.3 Å². The number of aryl methyl sites for hydroxylation is 1. The van der Waals surface area contributed by atoms with E-state index in [2.05, 4.69) is 39.1 Å². The molecule has 2 aliphatic heterocycles. The van der Waals surface area contributed by atoms with E-state index >= 15 is 0 Å². The maximum Gasteiger partial charge on any atom is 0.274 e. The molecule has 0 aliphatic carbocycles. The molecular weight excluding hydrogens is 364 g/mol. The van der Waals surface area contributed by atoms with E-state index in [1.165, 1.54) is 18.4 Å². The Balaban J connectivity index is 1.26. The third-order valence-electron chi connectivity index (χ3n) is 6.07. The van der Waals surface area contributed by atoms with Crippen molar-refractivity contribution in [3.8, 4) is 0 Å². The first kappa shape index (κ1) is 20.0. The van der Waals surface area contributed by atoms with Crippen molar-refractivity contribution >= 4 is 5.91 Å². The predicted molar refractivity (Wildman–Crippen MR) is 112 cm³/mol. The first-order valence-electron chi connectivity index (χ1n) is 10.7. The van der Waals surface area contributed by atoms with Gasteiger partial charge in [0.15, 0.2) is 0 Å². The Morgan fingerprint density at radius 2 is 1.86 bits per heavy atom. The van der Waals surface area contributed by atoms with E-state index in [9.17, 15) is 4.79 Å². The number of aromatic nitrogens is 2. The summed E-state index contributed by atoms with van der Waals surface area (Å²) >= 11 is 0. The molecule has 6 nitrogen and oxygen atoms in total. The zero-order chi connectivity index (χ0) is 20.1. The molecule has 0 radical (unpaired) electrons. The van der Waals surface area contributed by atoms with Gasteiger partial charge in [-0.15, -0.1) is 0 Å². The summed E-state index contributed by atoms with van der Waals surface area (Å²) in [5.74, 6) is 0.000108. The second kappa shape index (κ2) is 9.46. The summed E-state index contributed by atoms with van der Waals surface area (Å²) in [6, 6.07) is 11.4. The topological polar surface area (TPSA) is 58.6 Å². The Morgan fingerprint density at radius 1 is 1.07 bits per heavy atom. The number of carbonyl (C=O) groups excluding carboxylic acids is 1. The molecule has 1 atom stereocenters.